The van der Waals surface area contributed by atoms with Crippen LogP contribution in [0.25, 0.3) is 0 Å². The average Bonchev–Trinajstić information content (AvgIpc) is 2.02. The van der Waals surface area contributed by atoms with Crippen LogP contribution in [0.2, 0.25) is 0 Å². The number of sulfone groups is 1. The second-order valence-electron chi connectivity index (χ2n) is 3.26. The summed E-state index contributed by atoms with van der Waals surface area (Å²) in [5, 5.41) is 0. The molecule has 0 aromatic rings. The fraction of sp³-hybridized carbons (Fsp3) is 0.875. The summed E-state index contributed by atoms with van der Waals surface area (Å²) in [5.41, 5.74) is 5.45. The molecule has 0 aliphatic rings. The normalized spacial score (nSPS) is 13.9. The zero-order chi connectivity index (χ0) is 11.2. The molecule has 0 saturated carbocycles. The lowest BCUT2D eigenvalue weighted by Crippen LogP contribution is -2.34. The van der Waals surface area contributed by atoms with Crippen molar-refractivity contribution in [1.82, 2.24) is 0 Å². The van der Waals surface area contributed by atoms with Crippen LogP contribution >= 0.6 is 0 Å². The average molecular weight is 223 g/mol. The molecule has 84 valence electrons. The smallest absolute Gasteiger partial charge is 0.151 e. The van der Waals surface area contributed by atoms with E-state index < -0.39 is 15.9 Å². The molecule has 1 unspecified atom stereocenters. The quantitative estimate of drug-likeness (QED) is 0.620. The Bertz CT molecular complexity index is 273. The van der Waals surface area contributed by atoms with Gasteiger partial charge in [0, 0.05) is 19.8 Å². The minimum atomic E-state index is -2.98. The first kappa shape index (κ1) is 13.5. The van der Waals surface area contributed by atoms with Gasteiger partial charge in [-0.25, -0.2) is 8.42 Å². The molecule has 0 rings (SSSR count). The number of carbonyl (C=O) groups is 1. The standard InChI is InChI=1S/C8H17NO4S/c1-13-6-7(9)8(10)4-3-5-14(2,11)12/h7H,3-6,9H2,1-2H3. The molecule has 0 aliphatic heterocycles. The lowest BCUT2D eigenvalue weighted by Gasteiger charge is -2.08. The third-order valence-corrected chi connectivity index (χ3v) is 2.73. The Morgan fingerprint density at radius 3 is 2.50 bits per heavy atom. The molecule has 0 bridgehead atoms. The highest BCUT2D eigenvalue weighted by Gasteiger charge is 2.13. The van der Waals surface area contributed by atoms with Gasteiger partial charge in [-0.2, -0.15) is 0 Å². The van der Waals surface area contributed by atoms with Crippen LogP contribution in [0.4, 0.5) is 0 Å². The van der Waals surface area contributed by atoms with Crippen LogP contribution in [0.5, 0.6) is 0 Å². The van der Waals surface area contributed by atoms with Crippen molar-refractivity contribution >= 4 is 15.6 Å². The third kappa shape index (κ3) is 6.99. The SMILES string of the molecule is COCC(N)C(=O)CCCS(C)(=O)=O. The van der Waals surface area contributed by atoms with Crippen molar-refractivity contribution in [3.05, 3.63) is 0 Å². The Morgan fingerprint density at radius 2 is 2.07 bits per heavy atom. The summed E-state index contributed by atoms with van der Waals surface area (Å²) in [7, 11) is -1.52. The monoisotopic (exact) mass is 223 g/mol. The summed E-state index contributed by atoms with van der Waals surface area (Å²) in [6.45, 7) is 0.178. The molecule has 5 nitrogen and oxygen atoms in total. The number of carbonyl (C=O) groups excluding carboxylic acids is 1. The number of ether oxygens (including phenoxy) is 1. The van der Waals surface area contributed by atoms with Crippen molar-refractivity contribution in [1.29, 1.82) is 0 Å². The van der Waals surface area contributed by atoms with Gasteiger partial charge in [0.05, 0.1) is 18.4 Å². The first-order chi connectivity index (χ1) is 6.37. The molecule has 0 saturated heterocycles. The van der Waals surface area contributed by atoms with Crippen LogP contribution in [0.3, 0.4) is 0 Å². The Morgan fingerprint density at radius 1 is 1.50 bits per heavy atom. The molecule has 0 heterocycles. The molecule has 0 spiro atoms. The molecule has 0 radical (unpaired) electrons. The van der Waals surface area contributed by atoms with Crippen LogP contribution in [0.1, 0.15) is 12.8 Å². The van der Waals surface area contributed by atoms with E-state index >= 15 is 0 Å². The lowest BCUT2D eigenvalue weighted by molar-refractivity contribution is -0.121. The highest BCUT2D eigenvalue weighted by atomic mass is 32.2. The summed E-state index contributed by atoms with van der Waals surface area (Å²) in [6, 6.07) is -0.639. The van der Waals surface area contributed by atoms with Gasteiger partial charge >= 0.3 is 0 Å². The van der Waals surface area contributed by atoms with Gasteiger partial charge in [0.2, 0.25) is 0 Å². The zero-order valence-electron chi connectivity index (χ0n) is 8.52. The molecule has 2 N–H and O–H groups in total. The van der Waals surface area contributed by atoms with E-state index in [0.29, 0.717) is 6.42 Å². The first-order valence-corrected chi connectivity index (χ1v) is 6.38. The Kier molecular flexibility index (Phi) is 5.90. The van der Waals surface area contributed by atoms with E-state index in [-0.39, 0.29) is 24.6 Å². The van der Waals surface area contributed by atoms with Gasteiger partial charge in [0.1, 0.15) is 9.84 Å². The second-order valence-corrected chi connectivity index (χ2v) is 5.52. The maximum atomic E-state index is 11.2. The van der Waals surface area contributed by atoms with E-state index in [1.165, 1.54) is 7.11 Å². The molecule has 0 aliphatic carbocycles. The van der Waals surface area contributed by atoms with Crippen molar-refractivity contribution < 1.29 is 17.9 Å². The Balaban J connectivity index is 3.75. The van der Waals surface area contributed by atoms with Gasteiger partial charge in [-0.15, -0.1) is 0 Å². The number of methoxy groups -OCH3 is 1. The molecule has 0 aromatic carbocycles. The van der Waals surface area contributed by atoms with Crippen molar-refractivity contribution in [3.8, 4) is 0 Å². The highest BCUT2D eigenvalue weighted by Crippen LogP contribution is 1.98. The molecule has 0 amide bonds. The highest BCUT2D eigenvalue weighted by molar-refractivity contribution is 7.90. The van der Waals surface area contributed by atoms with Crippen molar-refractivity contribution in [2.75, 3.05) is 25.7 Å². The van der Waals surface area contributed by atoms with E-state index in [1.807, 2.05) is 0 Å². The van der Waals surface area contributed by atoms with Crippen LogP contribution in [0, 0.1) is 0 Å². The van der Waals surface area contributed by atoms with E-state index in [1.54, 1.807) is 0 Å². The zero-order valence-corrected chi connectivity index (χ0v) is 9.34. The number of ketones is 1. The van der Waals surface area contributed by atoms with E-state index in [0.717, 1.165) is 6.26 Å². The summed E-state index contributed by atoms with van der Waals surface area (Å²) in [4.78, 5) is 11.2. The number of rotatable bonds is 7. The molecular formula is C8H17NO4S. The van der Waals surface area contributed by atoms with Gasteiger partial charge < -0.3 is 10.5 Å². The fourth-order valence-corrected chi connectivity index (χ4v) is 1.64. The molecule has 0 aromatic heterocycles. The second kappa shape index (κ2) is 6.10. The van der Waals surface area contributed by atoms with Crippen LogP contribution in [-0.2, 0) is 19.4 Å². The minimum absolute atomic E-state index is 0.0262. The van der Waals surface area contributed by atoms with Crippen molar-refractivity contribution in [2.24, 2.45) is 5.73 Å². The first-order valence-electron chi connectivity index (χ1n) is 4.32. The largest absolute Gasteiger partial charge is 0.383 e. The third-order valence-electron chi connectivity index (χ3n) is 1.70. The maximum absolute atomic E-state index is 11.2. The topological polar surface area (TPSA) is 86.5 Å². The molecule has 1 atom stereocenters. The number of hydrogen-bond acceptors (Lipinski definition) is 5. The van der Waals surface area contributed by atoms with Gasteiger partial charge in [-0.3, -0.25) is 4.79 Å². The Labute approximate surface area is 84.5 Å². The summed E-state index contributed by atoms with van der Waals surface area (Å²) in [5.74, 6) is -0.131. The lowest BCUT2D eigenvalue weighted by atomic mass is 10.1. The molecule has 0 fully saturated rings. The van der Waals surface area contributed by atoms with Crippen molar-refractivity contribution in [3.63, 3.8) is 0 Å². The summed E-state index contributed by atoms with van der Waals surface area (Å²) < 4.78 is 26.2. The molecular weight excluding hydrogens is 206 g/mol. The maximum Gasteiger partial charge on any atom is 0.151 e. The molecule has 6 heteroatoms. The fourth-order valence-electron chi connectivity index (χ4n) is 0.966. The predicted molar refractivity (Wildman–Crippen MR) is 53.8 cm³/mol. The number of hydrogen-bond donors (Lipinski definition) is 1. The van der Waals surface area contributed by atoms with Gasteiger partial charge in [0.25, 0.3) is 0 Å². The Hall–Kier alpha value is -0.460. The van der Waals surface area contributed by atoms with Crippen LogP contribution < -0.4 is 5.73 Å². The minimum Gasteiger partial charge on any atom is -0.383 e. The van der Waals surface area contributed by atoms with E-state index in [9.17, 15) is 13.2 Å². The van der Waals surface area contributed by atoms with Gasteiger partial charge in [0.15, 0.2) is 5.78 Å². The predicted octanol–water partition coefficient (Wildman–Crippen LogP) is -0.646. The van der Waals surface area contributed by atoms with Gasteiger partial charge in [-0.05, 0) is 6.42 Å². The summed E-state index contributed by atoms with van der Waals surface area (Å²) >= 11 is 0. The molecule has 14 heavy (non-hydrogen) atoms. The van der Waals surface area contributed by atoms with Crippen molar-refractivity contribution in [2.45, 2.75) is 18.9 Å². The van der Waals surface area contributed by atoms with Crippen LogP contribution in [0.15, 0.2) is 0 Å². The van der Waals surface area contributed by atoms with Crippen LogP contribution in [-0.4, -0.2) is 46.0 Å². The van der Waals surface area contributed by atoms with E-state index in [4.69, 9.17) is 10.5 Å². The number of nitrogens with two attached hydrogens (primary N) is 1. The van der Waals surface area contributed by atoms with Gasteiger partial charge in [-0.1, -0.05) is 0 Å². The summed E-state index contributed by atoms with van der Waals surface area (Å²) in [6.07, 6.45) is 1.67. The number of Topliss-reactive ketones (excluding diaryl/α,β-unsaturated/α-hetero) is 1. The van der Waals surface area contributed by atoms with E-state index in [2.05, 4.69) is 0 Å².